The molecule has 182 valence electrons. The van der Waals surface area contributed by atoms with Crippen LogP contribution in [0.15, 0.2) is 48.7 Å². The number of amides is 1. The van der Waals surface area contributed by atoms with Gasteiger partial charge in [-0.25, -0.2) is 4.79 Å². The highest BCUT2D eigenvalue weighted by Crippen LogP contribution is 2.35. The summed E-state index contributed by atoms with van der Waals surface area (Å²) in [5, 5.41) is 12.2. The van der Waals surface area contributed by atoms with Gasteiger partial charge in [-0.2, -0.15) is 0 Å². The summed E-state index contributed by atoms with van der Waals surface area (Å²) in [5.74, 6) is 0.735. The van der Waals surface area contributed by atoms with Gasteiger partial charge in [0.05, 0.1) is 24.1 Å². The highest BCUT2D eigenvalue weighted by Gasteiger charge is 2.38. The summed E-state index contributed by atoms with van der Waals surface area (Å²) < 4.78 is 11.2. The Morgan fingerprint density at radius 1 is 1.17 bits per heavy atom. The third-order valence-corrected chi connectivity index (χ3v) is 7.04. The van der Waals surface area contributed by atoms with Gasteiger partial charge in [-0.15, -0.1) is 0 Å². The van der Waals surface area contributed by atoms with Gasteiger partial charge in [0.15, 0.2) is 0 Å². The minimum atomic E-state index is -0.355. The predicted molar refractivity (Wildman–Crippen MR) is 130 cm³/mol. The first kappa shape index (κ1) is 23.0. The van der Waals surface area contributed by atoms with Crippen LogP contribution >= 0.6 is 0 Å². The number of aromatic nitrogens is 1. The summed E-state index contributed by atoms with van der Waals surface area (Å²) in [7, 11) is 1.63. The number of ether oxygens (including phenoxy) is 2. The first-order valence-electron chi connectivity index (χ1n) is 11.8. The van der Waals surface area contributed by atoms with E-state index in [9.17, 15) is 14.9 Å². The number of nitrogens with zero attached hydrogens (tertiary/aromatic N) is 4. The molecular formula is C26H28N4O5. The van der Waals surface area contributed by atoms with Crippen LogP contribution in [0, 0.1) is 17.0 Å². The molecule has 2 saturated heterocycles. The van der Waals surface area contributed by atoms with E-state index >= 15 is 0 Å². The third-order valence-electron chi connectivity index (χ3n) is 7.04. The Labute approximate surface area is 203 Å². The van der Waals surface area contributed by atoms with Crippen LogP contribution in [0.3, 0.4) is 0 Å². The molecule has 3 heterocycles. The molecule has 35 heavy (non-hydrogen) atoms. The van der Waals surface area contributed by atoms with Gasteiger partial charge >= 0.3 is 6.09 Å². The van der Waals surface area contributed by atoms with Gasteiger partial charge in [0, 0.05) is 54.5 Å². The third kappa shape index (κ3) is 4.64. The number of fused-ring (bicyclic) bond motifs is 1. The van der Waals surface area contributed by atoms with Crippen molar-refractivity contribution in [2.24, 2.45) is 0 Å². The summed E-state index contributed by atoms with van der Waals surface area (Å²) in [5.41, 5.74) is 3.52. The van der Waals surface area contributed by atoms with Gasteiger partial charge in [0.1, 0.15) is 11.9 Å². The molecule has 1 unspecified atom stereocenters. The van der Waals surface area contributed by atoms with E-state index in [4.69, 9.17) is 9.47 Å². The van der Waals surface area contributed by atoms with E-state index in [2.05, 4.69) is 9.88 Å². The number of rotatable bonds is 6. The van der Waals surface area contributed by atoms with Crippen LogP contribution in [0.4, 0.5) is 10.5 Å². The number of cyclic esters (lactones) is 1. The first-order chi connectivity index (χ1) is 16.9. The molecule has 0 radical (unpaired) electrons. The van der Waals surface area contributed by atoms with Gasteiger partial charge in [-0.05, 0) is 49.6 Å². The lowest BCUT2D eigenvalue weighted by molar-refractivity contribution is -0.385. The van der Waals surface area contributed by atoms with Crippen molar-refractivity contribution in [2.45, 2.75) is 38.5 Å². The lowest BCUT2D eigenvalue weighted by atomic mass is 10.0. The topological polar surface area (TPSA) is 98.0 Å². The number of pyridine rings is 1. The second-order valence-electron chi connectivity index (χ2n) is 9.19. The van der Waals surface area contributed by atoms with E-state index in [1.165, 1.54) is 0 Å². The summed E-state index contributed by atoms with van der Waals surface area (Å²) in [6, 6.07) is 13.1. The minimum Gasteiger partial charge on any atom is -0.497 e. The lowest BCUT2D eigenvalue weighted by Crippen LogP contribution is -2.45. The average Bonchev–Trinajstić information content (AvgIpc) is 3.26. The molecule has 9 nitrogen and oxygen atoms in total. The Bertz CT molecular complexity index is 1270. The summed E-state index contributed by atoms with van der Waals surface area (Å²) in [6.07, 6.45) is 2.78. The van der Waals surface area contributed by atoms with Gasteiger partial charge in [0.25, 0.3) is 5.69 Å². The summed E-state index contributed by atoms with van der Waals surface area (Å²) in [4.78, 5) is 32.3. The van der Waals surface area contributed by atoms with Crippen LogP contribution in [0.5, 0.6) is 5.75 Å². The number of benzene rings is 2. The Balaban J connectivity index is 1.24. The SMILES string of the molecule is COc1ccc2nccc(C3CN(C4CCN(Cc5ccc(C)c([N+](=O)[O-])c5)CC4)C(=O)O3)c2c1. The predicted octanol–water partition coefficient (Wildman–Crippen LogP) is 4.62. The van der Waals surface area contributed by atoms with E-state index in [1.54, 1.807) is 32.4 Å². The first-order valence-corrected chi connectivity index (χ1v) is 11.8. The van der Waals surface area contributed by atoms with Crippen molar-refractivity contribution in [2.75, 3.05) is 26.7 Å². The molecule has 2 fully saturated rings. The maximum atomic E-state index is 12.8. The zero-order chi connectivity index (χ0) is 24.5. The second kappa shape index (κ2) is 9.50. The number of methoxy groups -OCH3 is 1. The molecule has 1 atom stereocenters. The van der Waals surface area contributed by atoms with Crippen LogP contribution in [-0.2, 0) is 11.3 Å². The number of nitro benzene ring substituents is 1. The maximum Gasteiger partial charge on any atom is 0.410 e. The number of hydrogen-bond donors (Lipinski definition) is 0. The molecule has 1 amide bonds. The van der Waals surface area contributed by atoms with E-state index in [0.29, 0.717) is 18.7 Å². The number of aryl methyl sites for hydroxylation is 1. The monoisotopic (exact) mass is 476 g/mol. The molecule has 0 bridgehead atoms. The van der Waals surface area contributed by atoms with E-state index in [1.807, 2.05) is 35.2 Å². The Kier molecular flexibility index (Phi) is 6.25. The average molecular weight is 477 g/mol. The molecule has 3 aromatic rings. The maximum absolute atomic E-state index is 12.8. The minimum absolute atomic E-state index is 0.110. The van der Waals surface area contributed by atoms with Gasteiger partial charge in [0.2, 0.25) is 0 Å². The zero-order valence-electron chi connectivity index (χ0n) is 19.8. The van der Waals surface area contributed by atoms with E-state index < -0.39 is 0 Å². The molecule has 0 spiro atoms. The highest BCUT2D eigenvalue weighted by molar-refractivity contribution is 5.84. The Hall–Kier alpha value is -3.72. The number of piperidine rings is 1. The molecule has 2 aromatic carbocycles. The number of carbonyl (C=O) groups is 1. The summed E-state index contributed by atoms with van der Waals surface area (Å²) in [6.45, 7) is 4.54. The largest absolute Gasteiger partial charge is 0.497 e. The zero-order valence-corrected chi connectivity index (χ0v) is 19.8. The van der Waals surface area contributed by atoms with Crippen molar-refractivity contribution in [3.63, 3.8) is 0 Å². The molecule has 2 aliphatic rings. The van der Waals surface area contributed by atoms with Crippen molar-refractivity contribution in [3.05, 3.63) is 75.5 Å². The highest BCUT2D eigenvalue weighted by atomic mass is 16.6. The lowest BCUT2D eigenvalue weighted by Gasteiger charge is -2.35. The van der Waals surface area contributed by atoms with Crippen LogP contribution < -0.4 is 4.74 Å². The number of hydrogen-bond acceptors (Lipinski definition) is 7. The molecule has 0 saturated carbocycles. The van der Waals surface area contributed by atoms with Gasteiger partial charge in [-0.1, -0.05) is 12.1 Å². The molecule has 2 aliphatic heterocycles. The van der Waals surface area contributed by atoms with Gasteiger partial charge < -0.3 is 14.4 Å². The Morgan fingerprint density at radius 3 is 2.71 bits per heavy atom. The quantitative estimate of drug-likeness (QED) is 0.378. The van der Waals surface area contributed by atoms with Crippen molar-refractivity contribution >= 4 is 22.7 Å². The molecule has 0 aliphatic carbocycles. The number of likely N-dealkylation sites (tertiary alicyclic amines) is 1. The van der Waals surface area contributed by atoms with Crippen molar-refractivity contribution in [1.82, 2.24) is 14.8 Å². The normalized spacial score (nSPS) is 19.2. The smallest absolute Gasteiger partial charge is 0.410 e. The fourth-order valence-electron chi connectivity index (χ4n) is 5.09. The van der Waals surface area contributed by atoms with Crippen molar-refractivity contribution in [3.8, 4) is 5.75 Å². The van der Waals surface area contributed by atoms with Crippen LogP contribution in [0.1, 0.15) is 35.6 Å². The van der Waals surface area contributed by atoms with Crippen LogP contribution in [-0.4, -0.2) is 58.6 Å². The molecule has 9 heteroatoms. The molecule has 5 rings (SSSR count). The Morgan fingerprint density at radius 2 is 1.97 bits per heavy atom. The fourth-order valence-corrected chi connectivity index (χ4v) is 5.09. The number of carbonyl (C=O) groups excluding carboxylic acids is 1. The molecular weight excluding hydrogens is 448 g/mol. The molecule has 0 N–H and O–H groups in total. The van der Waals surface area contributed by atoms with E-state index in [0.717, 1.165) is 53.7 Å². The summed E-state index contributed by atoms with van der Waals surface area (Å²) >= 11 is 0. The van der Waals surface area contributed by atoms with Crippen LogP contribution in [0.2, 0.25) is 0 Å². The van der Waals surface area contributed by atoms with Crippen molar-refractivity contribution in [1.29, 1.82) is 0 Å². The number of nitro groups is 1. The van der Waals surface area contributed by atoms with Gasteiger partial charge in [-0.3, -0.25) is 20.0 Å². The van der Waals surface area contributed by atoms with E-state index in [-0.39, 0.29) is 28.8 Å². The fraction of sp³-hybridized carbons (Fsp3) is 0.385. The van der Waals surface area contributed by atoms with Crippen LogP contribution in [0.25, 0.3) is 10.9 Å². The standard InChI is InChI=1S/C26H28N4O5/c1-17-3-4-18(13-24(17)30(32)33)15-28-11-8-19(9-12-28)29-16-25(35-26(29)31)21-7-10-27-23-6-5-20(34-2)14-22(21)23/h3-7,10,13-14,19,25H,8-9,11-12,15-16H2,1-2H3. The molecule has 1 aromatic heterocycles. The van der Waals surface area contributed by atoms with Crippen molar-refractivity contribution < 1.29 is 19.2 Å². The second-order valence-corrected chi connectivity index (χ2v) is 9.19.